The summed E-state index contributed by atoms with van der Waals surface area (Å²) in [5.74, 6) is -2.96. The smallest absolute Gasteiger partial charge is 0.340 e. The minimum atomic E-state index is -1.05. The van der Waals surface area contributed by atoms with Gasteiger partial charge in [0.05, 0.1) is 18.4 Å². The minimum Gasteiger partial charge on any atom is -0.465 e. The van der Waals surface area contributed by atoms with Gasteiger partial charge in [-0.2, -0.15) is 0 Å². The highest BCUT2D eigenvalue weighted by Gasteiger charge is 2.19. The molecule has 1 fully saturated rings. The summed E-state index contributed by atoms with van der Waals surface area (Å²) in [5.41, 5.74) is -0.730. The average Bonchev–Trinajstić information content (AvgIpc) is 2.58. The molecule has 2 amide bonds. The molecule has 1 heterocycles. The Labute approximate surface area is 145 Å². The topological polar surface area (TPSA) is 70.7 Å². The number of esters is 1. The zero-order valence-electron chi connectivity index (χ0n) is 14.4. The third-order valence-electron chi connectivity index (χ3n) is 4.34. The Morgan fingerprint density at radius 1 is 1.28 bits per heavy atom. The van der Waals surface area contributed by atoms with Crippen molar-refractivity contribution in [2.45, 2.75) is 32.2 Å². The number of nitrogens with one attached hydrogen (secondary N) is 2. The fraction of sp³-hybridized carbons (Fsp3) is 0.529. The number of hydrogen-bond donors (Lipinski definition) is 2. The molecular weight excluding hydrogens is 332 g/mol. The van der Waals surface area contributed by atoms with Crippen molar-refractivity contribution < 1.29 is 23.1 Å². The fourth-order valence-corrected chi connectivity index (χ4v) is 2.88. The molecule has 8 heteroatoms. The van der Waals surface area contributed by atoms with E-state index >= 15 is 0 Å². The van der Waals surface area contributed by atoms with Crippen molar-refractivity contribution in [3.05, 3.63) is 29.3 Å². The Morgan fingerprint density at radius 2 is 2.04 bits per heavy atom. The van der Waals surface area contributed by atoms with Crippen LogP contribution in [0.15, 0.2) is 12.1 Å². The number of likely N-dealkylation sites (tertiary alicyclic amines) is 1. The van der Waals surface area contributed by atoms with Crippen LogP contribution in [-0.4, -0.2) is 49.7 Å². The van der Waals surface area contributed by atoms with Gasteiger partial charge in [-0.3, -0.25) is 4.90 Å². The molecule has 138 valence electrons. The van der Waals surface area contributed by atoms with E-state index in [1.54, 1.807) is 0 Å². The molecule has 0 aliphatic carbocycles. The molecule has 1 aliphatic rings. The molecule has 1 aliphatic heterocycles. The van der Waals surface area contributed by atoms with E-state index < -0.39 is 29.2 Å². The number of anilines is 1. The second-order valence-corrected chi connectivity index (χ2v) is 6.07. The first-order valence-electron chi connectivity index (χ1n) is 8.28. The van der Waals surface area contributed by atoms with Crippen LogP contribution in [0.5, 0.6) is 0 Å². The van der Waals surface area contributed by atoms with Gasteiger partial charge in [0.15, 0.2) is 0 Å². The van der Waals surface area contributed by atoms with Crippen LogP contribution in [0.3, 0.4) is 0 Å². The Hall–Kier alpha value is -2.22. The molecule has 0 radical (unpaired) electrons. The Balaban J connectivity index is 1.90. The first-order chi connectivity index (χ1) is 11.9. The summed E-state index contributed by atoms with van der Waals surface area (Å²) in [7, 11) is 1.09. The molecule has 25 heavy (non-hydrogen) atoms. The first kappa shape index (κ1) is 19.1. The summed E-state index contributed by atoms with van der Waals surface area (Å²) >= 11 is 0. The van der Waals surface area contributed by atoms with Crippen molar-refractivity contribution in [3.63, 3.8) is 0 Å². The van der Waals surface area contributed by atoms with E-state index in [2.05, 4.69) is 27.2 Å². The molecule has 1 atom stereocenters. The van der Waals surface area contributed by atoms with Gasteiger partial charge in [-0.15, -0.1) is 0 Å². The molecular formula is C17H23F2N3O3. The maximum absolute atomic E-state index is 13.8. The maximum Gasteiger partial charge on any atom is 0.340 e. The van der Waals surface area contributed by atoms with E-state index in [0.29, 0.717) is 25.2 Å². The predicted molar refractivity (Wildman–Crippen MR) is 89.6 cm³/mol. The average molecular weight is 355 g/mol. The van der Waals surface area contributed by atoms with E-state index in [0.717, 1.165) is 32.6 Å². The van der Waals surface area contributed by atoms with Crippen LogP contribution in [0, 0.1) is 11.6 Å². The van der Waals surface area contributed by atoms with E-state index in [4.69, 9.17) is 0 Å². The number of halogens is 2. The van der Waals surface area contributed by atoms with Crippen molar-refractivity contribution in [1.29, 1.82) is 0 Å². The lowest BCUT2D eigenvalue weighted by Gasteiger charge is -2.33. The Bertz CT molecular complexity index is 640. The maximum atomic E-state index is 13.8. The number of ether oxygens (including phenoxy) is 1. The van der Waals surface area contributed by atoms with Gasteiger partial charge in [-0.1, -0.05) is 6.42 Å². The molecule has 1 aromatic carbocycles. The molecule has 0 spiro atoms. The lowest BCUT2D eigenvalue weighted by Crippen LogP contribution is -2.43. The standard InChI is InChI=1S/C17H23F2N3O3/c1-11-5-3-4-7-22(11)8-6-20-17(24)21-15-9-12(16(23)25-2)13(18)10-14(15)19/h9-11H,3-8H2,1-2H3,(H2,20,21,24). The van der Waals surface area contributed by atoms with Crippen molar-refractivity contribution in [2.24, 2.45) is 0 Å². The highest BCUT2D eigenvalue weighted by atomic mass is 19.1. The van der Waals surface area contributed by atoms with Gasteiger partial charge in [0.2, 0.25) is 0 Å². The first-order valence-corrected chi connectivity index (χ1v) is 8.28. The summed E-state index contributed by atoms with van der Waals surface area (Å²) in [5, 5.41) is 4.92. The lowest BCUT2D eigenvalue weighted by atomic mass is 10.0. The highest BCUT2D eigenvalue weighted by Crippen LogP contribution is 2.20. The summed E-state index contributed by atoms with van der Waals surface area (Å²) in [6.45, 7) is 4.26. The third-order valence-corrected chi connectivity index (χ3v) is 4.34. The number of piperidine rings is 1. The molecule has 0 bridgehead atoms. The van der Waals surface area contributed by atoms with Crippen LogP contribution in [0.25, 0.3) is 0 Å². The fourth-order valence-electron chi connectivity index (χ4n) is 2.88. The number of methoxy groups -OCH3 is 1. The highest BCUT2D eigenvalue weighted by molar-refractivity contribution is 5.94. The number of rotatable bonds is 5. The van der Waals surface area contributed by atoms with Gasteiger partial charge in [-0.25, -0.2) is 18.4 Å². The van der Waals surface area contributed by atoms with Gasteiger partial charge in [-0.05, 0) is 32.4 Å². The lowest BCUT2D eigenvalue weighted by molar-refractivity contribution is 0.0595. The molecule has 1 saturated heterocycles. The number of hydrogen-bond acceptors (Lipinski definition) is 4. The van der Waals surface area contributed by atoms with Crippen molar-refractivity contribution >= 4 is 17.7 Å². The molecule has 2 N–H and O–H groups in total. The van der Waals surface area contributed by atoms with Crippen molar-refractivity contribution in [3.8, 4) is 0 Å². The molecule has 0 saturated carbocycles. The molecule has 2 rings (SSSR count). The number of carbonyl (C=O) groups is 2. The zero-order valence-corrected chi connectivity index (χ0v) is 14.4. The van der Waals surface area contributed by atoms with E-state index in [9.17, 15) is 18.4 Å². The van der Waals surface area contributed by atoms with Gasteiger partial charge in [0.25, 0.3) is 0 Å². The second kappa shape index (κ2) is 8.75. The molecule has 1 aromatic rings. The van der Waals surface area contributed by atoms with Gasteiger partial charge in [0, 0.05) is 25.2 Å². The predicted octanol–water partition coefficient (Wildman–Crippen LogP) is 2.75. The summed E-state index contributed by atoms with van der Waals surface area (Å²) in [4.78, 5) is 25.6. The van der Waals surface area contributed by atoms with Gasteiger partial charge < -0.3 is 15.4 Å². The van der Waals surface area contributed by atoms with Crippen LogP contribution in [-0.2, 0) is 4.74 Å². The SMILES string of the molecule is COC(=O)c1cc(NC(=O)NCCN2CCCCC2C)c(F)cc1F. The number of urea groups is 1. The molecule has 6 nitrogen and oxygen atoms in total. The minimum absolute atomic E-state index is 0.286. The van der Waals surface area contributed by atoms with Crippen molar-refractivity contribution in [1.82, 2.24) is 10.2 Å². The Kier molecular flexibility index (Phi) is 6.69. The van der Waals surface area contributed by atoms with Crippen molar-refractivity contribution in [2.75, 3.05) is 32.1 Å². The van der Waals surface area contributed by atoms with Gasteiger partial charge in [0.1, 0.15) is 11.6 Å². The van der Waals surface area contributed by atoms with Crippen LogP contribution in [0.1, 0.15) is 36.5 Å². The molecule has 1 unspecified atom stereocenters. The summed E-state index contributed by atoms with van der Waals surface area (Å²) < 4.78 is 31.8. The Morgan fingerprint density at radius 3 is 2.72 bits per heavy atom. The van der Waals surface area contributed by atoms with Crippen LogP contribution in [0.4, 0.5) is 19.3 Å². The van der Waals surface area contributed by atoms with Crippen LogP contribution >= 0.6 is 0 Å². The summed E-state index contributed by atoms with van der Waals surface area (Å²) in [6, 6.07) is 1.32. The quantitative estimate of drug-likeness (QED) is 0.797. The monoisotopic (exact) mass is 355 g/mol. The van der Waals surface area contributed by atoms with Crippen LogP contribution < -0.4 is 10.6 Å². The third kappa shape index (κ3) is 5.12. The van der Waals surface area contributed by atoms with Gasteiger partial charge >= 0.3 is 12.0 Å². The normalized spacial score (nSPS) is 17.8. The zero-order chi connectivity index (χ0) is 18.4. The molecule has 0 aromatic heterocycles. The number of amides is 2. The second-order valence-electron chi connectivity index (χ2n) is 6.07. The number of carbonyl (C=O) groups excluding carboxylic acids is 2. The number of nitrogens with zero attached hydrogens (tertiary/aromatic N) is 1. The van der Waals surface area contributed by atoms with E-state index in [1.807, 2.05) is 0 Å². The largest absolute Gasteiger partial charge is 0.465 e. The van der Waals surface area contributed by atoms with E-state index in [-0.39, 0.29) is 5.69 Å². The van der Waals surface area contributed by atoms with Crippen LogP contribution in [0.2, 0.25) is 0 Å². The number of benzene rings is 1. The van der Waals surface area contributed by atoms with E-state index in [1.165, 1.54) is 6.42 Å². The summed E-state index contributed by atoms with van der Waals surface area (Å²) in [6.07, 6.45) is 3.51.